The van der Waals surface area contributed by atoms with Gasteiger partial charge in [0.15, 0.2) is 0 Å². The second-order valence-corrected chi connectivity index (χ2v) is 6.76. The first-order valence-corrected chi connectivity index (χ1v) is 9.03. The summed E-state index contributed by atoms with van der Waals surface area (Å²) in [6.07, 6.45) is 0. The Bertz CT molecular complexity index is 577. The van der Waals surface area contributed by atoms with Crippen molar-refractivity contribution < 1.29 is 14.3 Å². The number of carbonyl (C=O) groups is 2. The molecule has 1 saturated heterocycles. The highest BCUT2D eigenvalue weighted by molar-refractivity contribution is 7.99. The Kier molecular flexibility index (Phi) is 6.47. The lowest BCUT2D eigenvalue weighted by Gasteiger charge is -2.33. The van der Waals surface area contributed by atoms with Gasteiger partial charge in [-0.1, -0.05) is 12.1 Å². The van der Waals surface area contributed by atoms with E-state index in [0.717, 1.165) is 22.6 Å². The summed E-state index contributed by atoms with van der Waals surface area (Å²) in [6, 6.07) is 5.51. The van der Waals surface area contributed by atoms with Crippen LogP contribution < -0.4 is 5.32 Å². The molecule has 0 bridgehead atoms. The van der Waals surface area contributed by atoms with Crippen molar-refractivity contribution in [3.63, 3.8) is 0 Å². The average molecular weight is 336 g/mol. The highest BCUT2D eigenvalue weighted by atomic mass is 32.2. The van der Waals surface area contributed by atoms with Crippen LogP contribution in [0.15, 0.2) is 18.2 Å². The van der Waals surface area contributed by atoms with E-state index in [4.69, 9.17) is 4.74 Å². The van der Waals surface area contributed by atoms with Crippen molar-refractivity contribution in [3.05, 3.63) is 29.3 Å². The number of nitrogens with zero attached hydrogens (tertiary/aromatic N) is 1. The number of aryl methyl sites for hydroxylation is 1. The topological polar surface area (TPSA) is 58.6 Å². The normalized spacial score (nSPS) is 18.5. The molecule has 23 heavy (non-hydrogen) atoms. The molecule has 1 N–H and O–H groups in total. The van der Waals surface area contributed by atoms with E-state index in [1.165, 1.54) is 0 Å². The third-order valence-electron chi connectivity index (χ3n) is 4.02. The van der Waals surface area contributed by atoms with Gasteiger partial charge in [0.05, 0.1) is 13.2 Å². The third-order valence-corrected chi connectivity index (χ3v) is 5.05. The molecule has 1 aromatic carbocycles. The van der Waals surface area contributed by atoms with Gasteiger partial charge in [-0.15, -0.1) is 0 Å². The number of esters is 1. The van der Waals surface area contributed by atoms with Crippen molar-refractivity contribution in [1.29, 1.82) is 0 Å². The van der Waals surface area contributed by atoms with Gasteiger partial charge in [0.25, 0.3) is 0 Å². The molecule has 6 heteroatoms. The zero-order valence-corrected chi connectivity index (χ0v) is 14.7. The predicted octanol–water partition coefficient (Wildman–Crippen LogP) is 2.22. The molecule has 0 radical (unpaired) electrons. The highest BCUT2D eigenvalue weighted by Crippen LogP contribution is 2.20. The van der Waals surface area contributed by atoms with Gasteiger partial charge in [-0.2, -0.15) is 11.8 Å². The van der Waals surface area contributed by atoms with Crippen molar-refractivity contribution in [2.24, 2.45) is 0 Å². The molecule has 0 aliphatic carbocycles. The minimum absolute atomic E-state index is 0.0973. The Labute approximate surface area is 141 Å². The molecule has 0 aromatic heterocycles. The fourth-order valence-electron chi connectivity index (χ4n) is 2.54. The van der Waals surface area contributed by atoms with Crippen molar-refractivity contribution >= 4 is 29.3 Å². The van der Waals surface area contributed by atoms with Gasteiger partial charge in [0, 0.05) is 23.7 Å². The maximum Gasteiger partial charge on any atom is 0.324 e. The Morgan fingerprint density at radius 1 is 1.39 bits per heavy atom. The van der Waals surface area contributed by atoms with Crippen LogP contribution in [0.2, 0.25) is 0 Å². The third kappa shape index (κ3) is 4.72. The zero-order valence-electron chi connectivity index (χ0n) is 13.9. The highest BCUT2D eigenvalue weighted by Gasteiger charge is 2.31. The summed E-state index contributed by atoms with van der Waals surface area (Å²) in [4.78, 5) is 26.3. The van der Waals surface area contributed by atoms with Gasteiger partial charge in [-0.25, -0.2) is 0 Å². The molecule has 1 aliphatic heterocycles. The number of hydrogen-bond donors (Lipinski definition) is 1. The van der Waals surface area contributed by atoms with Crippen LogP contribution in [0.5, 0.6) is 0 Å². The van der Waals surface area contributed by atoms with E-state index < -0.39 is 0 Å². The SMILES string of the molecule is CCOC(=O)[C@H]1CSCCN1CC(=O)Nc1cccc(C)c1C. The van der Waals surface area contributed by atoms with Crippen LogP contribution in [0.1, 0.15) is 18.1 Å². The van der Waals surface area contributed by atoms with Crippen LogP contribution in [0.4, 0.5) is 5.69 Å². The molecule has 5 nitrogen and oxygen atoms in total. The summed E-state index contributed by atoms with van der Waals surface area (Å²) in [7, 11) is 0. The number of amides is 1. The molecule has 0 saturated carbocycles. The van der Waals surface area contributed by atoms with Crippen molar-refractivity contribution in [1.82, 2.24) is 4.90 Å². The molecule has 2 rings (SSSR count). The molecule has 1 atom stereocenters. The van der Waals surface area contributed by atoms with E-state index in [-0.39, 0.29) is 24.5 Å². The lowest BCUT2D eigenvalue weighted by molar-refractivity contribution is -0.148. The van der Waals surface area contributed by atoms with Gasteiger partial charge in [-0.3, -0.25) is 14.5 Å². The average Bonchev–Trinajstić information content (AvgIpc) is 2.52. The predicted molar refractivity (Wildman–Crippen MR) is 93.9 cm³/mol. The molecule has 1 aromatic rings. The number of anilines is 1. The van der Waals surface area contributed by atoms with Crippen LogP contribution in [0.3, 0.4) is 0 Å². The van der Waals surface area contributed by atoms with Gasteiger partial charge >= 0.3 is 5.97 Å². The number of hydrogen-bond acceptors (Lipinski definition) is 5. The van der Waals surface area contributed by atoms with Crippen LogP contribution in [-0.2, 0) is 14.3 Å². The van der Waals surface area contributed by atoms with E-state index >= 15 is 0 Å². The largest absolute Gasteiger partial charge is 0.465 e. The fraction of sp³-hybridized carbons (Fsp3) is 0.529. The van der Waals surface area contributed by atoms with Gasteiger partial charge in [-0.05, 0) is 38.0 Å². The van der Waals surface area contributed by atoms with Crippen LogP contribution >= 0.6 is 11.8 Å². The van der Waals surface area contributed by atoms with E-state index in [9.17, 15) is 9.59 Å². The fourth-order valence-corrected chi connectivity index (χ4v) is 3.64. The zero-order chi connectivity index (χ0) is 16.8. The van der Waals surface area contributed by atoms with E-state index in [0.29, 0.717) is 18.9 Å². The minimum Gasteiger partial charge on any atom is -0.465 e. The maximum atomic E-state index is 12.4. The van der Waals surface area contributed by atoms with Crippen LogP contribution in [0, 0.1) is 13.8 Å². The monoisotopic (exact) mass is 336 g/mol. The van der Waals surface area contributed by atoms with Crippen molar-refractivity contribution in [2.75, 3.05) is 36.5 Å². The Morgan fingerprint density at radius 2 is 2.17 bits per heavy atom. The first-order valence-electron chi connectivity index (χ1n) is 7.87. The summed E-state index contributed by atoms with van der Waals surface area (Å²) in [6.45, 7) is 7.09. The van der Waals surface area contributed by atoms with Crippen LogP contribution in [-0.4, -0.2) is 54.0 Å². The Balaban J connectivity index is 2.00. The number of ether oxygens (including phenoxy) is 1. The number of benzene rings is 1. The quantitative estimate of drug-likeness (QED) is 0.836. The summed E-state index contributed by atoms with van der Waals surface area (Å²) < 4.78 is 5.12. The minimum atomic E-state index is -0.335. The van der Waals surface area contributed by atoms with Crippen molar-refractivity contribution in [3.8, 4) is 0 Å². The smallest absolute Gasteiger partial charge is 0.324 e. The molecule has 126 valence electrons. The molecule has 1 amide bonds. The Morgan fingerprint density at radius 3 is 2.91 bits per heavy atom. The van der Waals surface area contributed by atoms with E-state index in [1.807, 2.05) is 36.9 Å². The van der Waals surface area contributed by atoms with E-state index in [1.54, 1.807) is 18.7 Å². The number of carbonyl (C=O) groups excluding carboxylic acids is 2. The Hall–Kier alpha value is -1.53. The number of thioether (sulfide) groups is 1. The molecule has 1 fully saturated rings. The lowest BCUT2D eigenvalue weighted by atomic mass is 10.1. The molecule has 0 spiro atoms. The first kappa shape index (κ1) is 17.8. The van der Waals surface area contributed by atoms with Crippen LogP contribution in [0.25, 0.3) is 0 Å². The number of nitrogens with one attached hydrogen (secondary N) is 1. The van der Waals surface area contributed by atoms with Gasteiger partial charge in [0.1, 0.15) is 6.04 Å². The lowest BCUT2D eigenvalue weighted by Crippen LogP contribution is -2.50. The van der Waals surface area contributed by atoms with Crippen molar-refractivity contribution in [2.45, 2.75) is 26.8 Å². The summed E-state index contributed by atoms with van der Waals surface area (Å²) >= 11 is 1.72. The molecule has 1 aliphatic rings. The standard InChI is InChI=1S/C17H24N2O3S/c1-4-22-17(21)15-11-23-9-8-19(15)10-16(20)18-14-7-5-6-12(2)13(14)3/h5-7,15H,4,8-11H2,1-3H3,(H,18,20)/t15-/m1/s1. The maximum absolute atomic E-state index is 12.4. The van der Waals surface area contributed by atoms with Gasteiger partial charge < -0.3 is 10.1 Å². The number of rotatable bonds is 5. The summed E-state index contributed by atoms with van der Waals surface area (Å²) in [5, 5.41) is 2.95. The van der Waals surface area contributed by atoms with Gasteiger partial charge in [0.2, 0.25) is 5.91 Å². The summed E-state index contributed by atoms with van der Waals surface area (Å²) in [5.41, 5.74) is 3.03. The second kappa shape index (κ2) is 8.36. The van der Waals surface area contributed by atoms with E-state index in [2.05, 4.69) is 5.32 Å². The molecular formula is C17H24N2O3S. The second-order valence-electron chi connectivity index (χ2n) is 5.61. The molecule has 0 unspecified atom stereocenters. The summed E-state index contributed by atoms with van der Waals surface area (Å²) in [5.74, 6) is 1.27. The first-order chi connectivity index (χ1) is 11.0. The molecular weight excluding hydrogens is 312 g/mol. The molecule has 1 heterocycles.